The molecule has 0 saturated carbocycles. The van der Waals surface area contributed by atoms with E-state index in [2.05, 4.69) is 6.92 Å². The Morgan fingerprint density at radius 2 is 1.32 bits per heavy atom. The van der Waals surface area contributed by atoms with Crippen LogP contribution >= 0.6 is 0 Å². The summed E-state index contributed by atoms with van der Waals surface area (Å²) in [5.74, 6) is 0. The van der Waals surface area contributed by atoms with Crippen molar-refractivity contribution in [1.29, 1.82) is 0 Å². The van der Waals surface area contributed by atoms with Gasteiger partial charge in [-0.15, -0.1) is 0 Å². The third-order valence-electron chi connectivity index (χ3n) is 6.61. The van der Waals surface area contributed by atoms with Crippen molar-refractivity contribution >= 4 is 25.2 Å². The van der Waals surface area contributed by atoms with Crippen molar-refractivity contribution in [3.63, 3.8) is 0 Å². The Bertz CT molecular complexity index is 852. The van der Waals surface area contributed by atoms with Gasteiger partial charge >= 0.3 is 14.2 Å². The van der Waals surface area contributed by atoms with Crippen LogP contribution in [0.1, 0.15) is 87.8 Å². The van der Waals surface area contributed by atoms with Crippen molar-refractivity contribution in [3.05, 3.63) is 47.0 Å². The normalized spacial score (nSPS) is 12.0. The molecule has 0 saturated heterocycles. The molecule has 3 rings (SSSR count). The van der Waals surface area contributed by atoms with Gasteiger partial charge < -0.3 is 20.1 Å². The lowest BCUT2D eigenvalue weighted by Gasteiger charge is -2.15. The standard InChI is InChI=1S/C25H36B2O4/c1-2-3-4-5-6-7-8-9-10-11-12-23-24-18-19-17-20(26(28)29)13-14-21(19)22(24)15-16-25(23)27(30)31/h13-17,28-31H,2-12,18H2,1H3. The van der Waals surface area contributed by atoms with Crippen molar-refractivity contribution in [3.8, 4) is 11.1 Å². The van der Waals surface area contributed by atoms with Crippen molar-refractivity contribution in [2.75, 3.05) is 0 Å². The van der Waals surface area contributed by atoms with E-state index < -0.39 is 14.2 Å². The summed E-state index contributed by atoms with van der Waals surface area (Å²) >= 11 is 0. The molecule has 0 unspecified atom stereocenters. The SMILES string of the molecule is CCCCCCCCCCCCc1c(B(O)O)ccc2c1Cc1cc(B(O)O)ccc1-2. The Morgan fingerprint density at radius 3 is 1.94 bits per heavy atom. The second-order valence-corrected chi connectivity index (χ2v) is 8.93. The number of hydrogen-bond donors (Lipinski definition) is 4. The number of hydrogen-bond acceptors (Lipinski definition) is 4. The Hall–Kier alpha value is -1.59. The molecule has 0 aromatic heterocycles. The van der Waals surface area contributed by atoms with E-state index in [1.54, 1.807) is 6.07 Å². The molecule has 2 aromatic rings. The van der Waals surface area contributed by atoms with Crippen molar-refractivity contribution in [2.45, 2.75) is 84.0 Å². The quantitative estimate of drug-likeness (QED) is 0.252. The second-order valence-electron chi connectivity index (χ2n) is 8.93. The Morgan fingerprint density at radius 1 is 0.710 bits per heavy atom. The summed E-state index contributed by atoms with van der Waals surface area (Å²) in [7, 11) is -2.95. The van der Waals surface area contributed by atoms with Crippen LogP contribution in [0, 0.1) is 0 Å². The van der Waals surface area contributed by atoms with Crippen LogP contribution in [0.3, 0.4) is 0 Å². The molecule has 31 heavy (non-hydrogen) atoms. The summed E-state index contributed by atoms with van der Waals surface area (Å²) in [5, 5.41) is 38.8. The molecule has 0 bridgehead atoms. The van der Waals surface area contributed by atoms with Crippen LogP contribution in [0.15, 0.2) is 30.3 Å². The van der Waals surface area contributed by atoms with Gasteiger partial charge in [-0.3, -0.25) is 0 Å². The fourth-order valence-corrected chi connectivity index (χ4v) is 4.87. The van der Waals surface area contributed by atoms with E-state index >= 15 is 0 Å². The van der Waals surface area contributed by atoms with Crippen molar-refractivity contribution in [1.82, 2.24) is 0 Å². The minimum absolute atomic E-state index is 0.491. The van der Waals surface area contributed by atoms with Gasteiger partial charge in [0.25, 0.3) is 0 Å². The lowest BCUT2D eigenvalue weighted by molar-refractivity contribution is 0.424. The minimum Gasteiger partial charge on any atom is -0.423 e. The first-order chi connectivity index (χ1) is 15.0. The van der Waals surface area contributed by atoms with E-state index in [4.69, 9.17) is 0 Å². The minimum atomic E-state index is -1.48. The number of rotatable bonds is 13. The highest BCUT2D eigenvalue weighted by Gasteiger charge is 2.27. The lowest BCUT2D eigenvalue weighted by Crippen LogP contribution is -2.34. The van der Waals surface area contributed by atoms with Gasteiger partial charge in [-0.2, -0.15) is 0 Å². The van der Waals surface area contributed by atoms with Gasteiger partial charge in [-0.05, 0) is 58.0 Å². The van der Waals surface area contributed by atoms with Crippen LogP contribution in [-0.2, 0) is 12.8 Å². The first kappa shape index (κ1) is 24.1. The average molecular weight is 422 g/mol. The van der Waals surface area contributed by atoms with E-state index in [-0.39, 0.29) is 0 Å². The van der Waals surface area contributed by atoms with Crippen LogP contribution in [0.4, 0.5) is 0 Å². The van der Waals surface area contributed by atoms with E-state index in [9.17, 15) is 20.1 Å². The molecule has 0 amide bonds. The van der Waals surface area contributed by atoms with Gasteiger partial charge in [-0.25, -0.2) is 0 Å². The summed E-state index contributed by atoms with van der Waals surface area (Å²) in [6, 6.07) is 9.33. The van der Waals surface area contributed by atoms with Crippen LogP contribution in [0.25, 0.3) is 11.1 Å². The number of fused-ring (bicyclic) bond motifs is 3. The maximum Gasteiger partial charge on any atom is 0.488 e. The highest BCUT2D eigenvalue weighted by atomic mass is 16.4. The molecule has 1 aliphatic rings. The predicted molar refractivity (Wildman–Crippen MR) is 130 cm³/mol. The molecule has 0 fully saturated rings. The van der Waals surface area contributed by atoms with Gasteiger partial charge in [0.15, 0.2) is 0 Å². The topological polar surface area (TPSA) is 80.9 Å². The summed E-state index contributed by atoms with van der Waals surface area (Å²) in [6.07, 6.45) is 14.3. The largest absolute Gasteiger partial charge is 0.488 e. The zero-order valence-corrected chi connectivity index (χ0v) is 18.8. The Labute approximate surface area is 187 Å². The van der Waals surface area contributed by atoms with Gasteiger partial charge in [0, 0.05) is 0 Å². The van der Waals surface area contributed by atoms with E-state index in [1.165, 1.54) is 51.4 Å². The van der Waals surface area contributed by atoms with E-state index in [0.717, 1.165) is 47.1 Å². The van der Waals surface area contributed by atoms with Crippen LogP contribution in [0.5, 0.6) is 0 Å². The van der Waals surface area contributed by atoms with Gasteiger partial charge in [-0.1, -0.05) is 95.0 Å². The first-order valence-corrected chi connectivity index (χ1v) is 12.0. The molecule has 2 aromatic carbocycles. The molecule has 0 aliphatic heterocycles. The zero-order valence-electron chi connectivity index (χ0n) is 18.8. The molecule has 0 atom stereocenters. The monoisotopic (exact) mass is 422 g/mol. The number of unbranched alkanes of at least 4 members (excludes halogenated alkanes) is 9. The average Bonchev–Trinajstić information content (AvgIpc) is 3.13. The summed E-state index contributed by atoms with van der Waals surface area (Å²) < 4.78 is 0. The van der Waals surface area contributed by atoms with Crippen LogP contribution in [0.2, 0.25) is 0 Å². The maximum atomic E-state index is 9.92. The molecule has 6 heteroatoms. The lowest BCUT2D eigenvalue weighted by atomic mass is 9.73. The smallest absolute Gasteiger partial charge is 0.423 e. The molecule has 166 valence electrons. The molecule has 0 radical (unpaired) electrons. The van der Waals surface area contributed by atoms with Crippen molar-refractivity contribution in [2.24, 2.45) is 0 Å². The molecular weight excluding hydrogens is 386 g/mol. The highest BCUT2D eigenvalue weighted by Crippen LogP contribution is 2.38. The first-order valence-electron chi connectivity index (χ1n) is 12.0. The predicted octanol–water partition coefficient (Wildman–Crippen LogP) is 3.08. The Kier molecular flexibility index (Phi) is 9.21. The van der Waals surface area contributed by atoms with Crippen LogP contribution in [-0.4, -0.2) is 34.3 Å². The van der Waals surface area contributed by atoms with Gasteiger partial charge in [0.1, 0.15) is 0 Å². The Balaban J connectivity index is 1.60. The molecule has 1 aliphatic carbocycles. The zero-order chi connectivity index (χ0) is 22.2. The third-order valence-corrected chi connectivity index (χ3v) is 6.61. The molecular formula is C25H36B2O4. The second kappa shape index (κ2) is 11.9. The van der Waals surface area contributed by atoms with Crippen molar-refractivity contribution < 1.29 is 20.1 Å². The van der Waals surface area contributed by atoms with Crippen LogP contribution < -0.4 is 10.9 Å². The van der Waals surface area contributed by atoms with Gasteiger partial charge in [0.05, 0.1) is 0 Å². The summed E-state index contributed by atoms with van der Waals surface area (Å²) in [4.78, 5) is 0. The van der Waals surface area contributed by atoms with E-state index in [0.29, 0.717) is 17.3 Å². The van der Waals surface area contributed by atoms with E-state index in [1.807, 2.05) is 24.3 Å². The third kappa shape index (κ3) is 6.23. The molecule has 4 N–H and O–H groups in total. The summed E-state index contributed by atoms with van der Waals surface area (Å²) in [6.45, 7) is 2.25. The fourth-order valence-electron chi connectivity index (χ4n) is 4.87. The summed E-state index contributed by atoms with van der Waals surface area (Å²) in [5.41, 5.74) is 6.59. The fraction of sp³-hybridized carbons (Fsp3) is 0.520. The molecule has 4 nitrogen and oxygen atoms in total. The molecule has 0 spiro atoms. The molecule has 0 heterocycles. The number of benzene rings is 2. The van der Waals surface area contributed by atoms with Gasteiger partial charge in [0.2, 0.25) is 0 Å². The highest BCUT2D eigenvalue weighted by molar-refractivity contribution is 6.59. The maximum absolute atomic E-state index is 9.92.